The number of carbonyl (C=O) groups excluding carboxylic acids is 1. The largest absolute Gasteiger partial charge is 0.326 e. The van der Waals surface area contributed by atoms with Crippen molar-refractivity contribution >= 4 is 22.9 Å². The first kappa shape index (κ1) is 12.7. The van der Waals surface area contributed by atoms with E-state index in [0.29, 0.717) is 19.4 Å². The van der Waals surface area contributed by atoms with Crippen LogP contribution in [-0.2, 0) is 17.8 Å². The fourth-order valence-electron chi connectivity index (χ4n) is 1.54. The van der Waals surface area contributed by atoms with Gasteiger partial charge in [-0.25, -0.2) is 4.98 Å². The SMILES string of the molecule is NCc1nc(CCC(=O)Nc2ccccc2)cs1. The molecule has 18 heavy (non-hydrogen) atoms. The molecule has 2 aromatic rings. The summed E-state index contributed by atoms with van der Waals surface area (Å²) in [4.78, 5) is 16.0. The number of hydrogen-bond donors (Lipinski definition) is 2. The Kier molecular flexibility index (Phi) is 4.44. The molecule has 1 aromatic carbocycles. The highest BCUT2D eigenvalue weighted by atomic mass is 32.1. The number of anilines is 1. The summed E-state index contributed by atoms with van der Waals surface area (Å²) in [5.74, 6) is 0.00324. The van der Waals surface area contributed by atoms with Crippen molar-refractivity contribution < 1.29 is 4.79 Å². The number of nitrogens with zero attached hydrogens (tertiary/aromatic N) is 1. The average molecular weight is 261 g/mol. The third-order valence-corrected chi connectivity index (χ3v) is 3.36. The maximum Gasteiger partial charge on any atom is 0.224 e. The predicted octanol–water partition coefficient (Wildman–Crippen LogP) is 2.17. The second-order valence-electron chi connectivity index (χ2n) is 3.85. The summed E-state index contributed by atoms with van der Waals surface area (Å²) in [7, 11) is 0. The molecule has 1 heterocycles. The van der Waals surface area contributed by atoms with Crippen LogP contribution in [0.5, 0.6) is 0 Å². The first-order chi connectivity index (χ1) is 8.78. The zero-order valence-electron chi connectivity index (χ0n) is 9.93. The molecule has 1 aromatic heterocycles. The van der Waals surface area contributed by atoms with Gasteiger partial charge in [0.05, 0.1) is 5.69 Å². The Balaban J connectivity index is 1.81. The van der Waals surface area contributed by atoms with Crippen LogP contribution in [-0.4, -0.2) is 10.9 Å². The summed E-state index contributed by atoms with van der Waals surface area (Å²) < 4.78 is 0. The zero-order chi connectivity index (χ0) is 12.8. The number of para-hydroxylation sites is 1. The Bertz CT molecular complexity index is 510. The Morgan fingerprint density at radius 3 is 2.78 bits per heavy atom. The lowest BCUT2D eigenvalue weighted by Gasteiger charge is -2.03. The normalized spacial score (nSPS) is 10.3. The van der Waals surface area contributed by atoms with Crippen LogP contribution in [0.2, 0.25) is 0 Å². The van der Waals surface area contributed by atoms with E-state index >= 15 is 0 Å². The van der Waals surface area contributed by atoms with Crippen molar-refractivity contribution in [3.05, 3.63) is 46.4 Å². The lowest BCUT2D eigenvalue weighted by molar-refractivity contribution is -0.116. The maximum atomic E-state index is 11.7. The van der Waals surface area contributed by atoms with E-state index in [2.05, 4.69) is 10.3 Å². The van der Waals surface area contributed by atoms with Crippen molar-refractivity contribution in [3.8, 4) is 0 Å². The van der Waals surface area contributed by atoms with Gasteiger partial charge in [-0.3, -0.25) is 4.79 Å². The van der Waals surface area contributed by atoms with E-state index in [1.54, 1.807) is 0 Å². The highest BCUT2D eigenvalue weighted by Crippen LogP contribution is 2.11. The molecule has 0 bridgehead atoms. The molecule has 1 amide bonds. The first-order valence-electron chi connectivity index (χ1n) is 5.76. The number of carbonyl (C=O) groups is 1. The molecule has 94 valence electrons. The number of nitrogens with two attached hydrogens (primary N) is 1. The van der Waals surface area contributed by atoms with Crippen molar-refractivity contribution in [1.82, 2.24) is 4.98 Å². The molecule has 4 nitrogen and oxygen atoms in total. The van der Waals surface area contributed by atoms with Gasteiger partial charge in [-0.15, -0.1) is 11.3 Å². The van der Waals surface area contributed by atoms with Crippen molar-refractivity contribution in [3.63, 3.8) is 0 Å². The molecule has 0 fully saturated rings. The van der Waals surface area contributed by atoms with Crippen LogP contribution in [0.15, 0.2) is 35.7 Å². The van der Waals surface area contributed by atoms with Gasteiger partial charge in [0.2, 0.25) is 5.91 Å². The molecule has 0 saturated heterocycles. The number of rotatable bonds is 5. The minimum Gasteiger partial charge on any atom is -0.326 e. The lowest BCUT2D eigenvalue weighted by atomic mass is 10.2. The van der Waals surface area contributed by atoms with Gasteiger partial charge in [0, 0.05) is 24.0 Å². The first-order valence-corrected chi connectivity index (χ1v) is 6.64. The topological polar surface area (TPSA) is 68.0 Å². The molecular weight excluding hydrogens is 246 g/mol. The number of aromatic nitrogens is 1. The summed E-state index contributed by atoms with van der Waals surface area (Å²) in [6, 6.07) is 9.44. The number of aryl methyl sites for hydroxylation is 1. The quantitative estimate of drug-likeness (QED) is 0.866. The van der Waals surface area contributed by atoms with Crippen LogP contribution in [0.4, 0.5) is 5.69 Å². The van der Waals surface area contributed by atoms with Crippen LogP contribution in [0, 0.1) is 0 Å². The highest BCUT2D eigenvalue weighted by molar-refractivity contribution is 7.09. The molecule has 5 heteroatoms. The molecule has 0 saturated carbocycles. The summed E-state index contributed by atoms with van der Waals surface area (Å²) in [6.07, 6.45) is 1.08. The van der Waals surface area contributed by atoms with Gasteiger partial charge in [-0.1, -0.05) is 18.2 Å². The Hall–Kier alpha value is -1.72. The average Bonchev–Trinajstić information content (AvgIpc) is 2.85. The number of hydrogen-bond acceptors (Lipinski definition) is 4. The summed E-state index contributed by atoms with van der Waals surface area (Å²) in [5, 5.41) is 5.71. The molecule has 0 aliphatic rings. The van der Waals surface area contributed by atoms with E-state index in [1.165, 1.54) is 11.3 Å². The fraction of sp³-hybridized carbons (Fsp3) is 0.231. The maximum absolute atomic E-state index is 11.7. The molecular formula is C13H15N3OS. The molecule has 0 radical (unpaired) electrons. The van der Waals surface area contributed by atoms with E-state index in [0.717, 1.165) is 16.4 Å². The number of thiazole rings is 1. The standard InChI is InChI=1S/C13H15N3OS/c14-8-13-16-11(9-18-13)6-7-12(17)15-10-4-2-1-3-5-10/h1-5,9H,6-8,14H2,(H,15,17). The lowest BCUT2D eigenvalue weighted by Crippen LogP contribution is -2.12. The Morgan fingerprint density at radius 2 is 2.11 bits per heavy atom. The monoisotopic (exact) mass is 261 g/mol. The fourth-order valence-corrected chi connectivity index (χ4v) is 2.25. The van der Waals surface area contributed by atoms with Gasteiger partial charge in [0.25, 0.3) is 0 Å². The van der Waals surface area contributed by atoms with Gasteiger partial charge < -0.3 is 11.1 Å². The number of amides is 1. The third kappa shape index (κ3) is 3.65. The molecule has 2 rings (SSSR count). The number of benzene rings is 1. The van der Waals surface area contributed by atoms with E-state index < -0.39 is 0 Å². The second-order valence-corrected chi connectivity index (χ2v) is 4.79. The van der Waals surface area contributed by atoms with E-state index in [4.69, 9.17) is 5.73 Å². The van der Waals surface area contributed by atoms with Crippen LogP contribution in [0.25, 0.3) is 0 Å². The van der Waals surface area contributed by atoms with Gasteiger partial charge in [0.1, 0.15) is 5.01 Å². The smallest absolute Gasteiger partial charge is 0.224 e. The highest BCUT2D eigenvalue weighted by Gasteiger charge is 2.05. The Labute approximate surface area is 110 Å². The second kappa shape index (κ2) is 6.28. The van der Waals surface area contributed by atoms with Crippen LogP contribution < -0.4 is 11.1 Å². The van der Waals surface area contributed by atoms with Gasteiger partial charge in [-0.2, -0.15) is 0 Å². The predicted molar refractivity (Wildman–Crippen MR) is 73.4 cm³/mol. The summed E-state index contributed by atoms with van der Waals surface area (Å²) in [5.41, 5.74) is 7.25. The van der Waals surface area contributed by atoms with Crippen LogP contribution in [0.1, 0.15) is 17.1 Å². The third-order valence-electron chi connectivity index (χ3n) is 2.44. The minimum atomic E-state index is 0.00324. The van der Waals surface area contributed by atoms with E-state index in [-0.39, 0.29) is 5.91 Å². The molecule has 0 aliphatic carbocycles. The van der Waals surface area contributed by atoms with Crippen LogP contribution in [0.3, 0.4) is 0 Å². The molecule has 0 atom stereocenters. The van der Waals surface area contributed by atoms with E-state index in [1.807, 2.05) is 35.7 Å². The Morgan fingerprint density at radius 1 is 1.33 bits per heavy atom. The van der Waals surface area contributed by atoms with Gasteiger partial charge in [0.15, 0.2) is 0 Å². The minimum absolute atomic E-state index is 0.00324. The molecule has 3 N–H and O–H groups in total. The van der Waals surface area contributed by atoms with Gasteiger partial charge >= 0.3 is 0 Å². The zero-order valence-corrected chi connectivity index (χ0v) is 10.7. The van der Waals surface area contributed by atoms with Crippen molar-refractivity contribution in [1.29, 1.82) is 0 Å². The molecule has 0 spiro atoms. The van der Waals surface area contributed by atoms with Gasteiger partial charge in [-0.05, 0) is 18.6 Å². The van der Waals surface area contributed by atoms with Crippen molar-refractivity contribution in [2.75, 3.05) is 5.32 Å². The van der Waals surface area contributed by atoms with Crippen LogP contribution >= 0.6 is 11.3 Å². The van der Waals surface area contributed by atoms with E-state index in [9.17, 15) is 4.79 Å². The summed E-state index contributed by atoms with van der Waals surface area (Å²) >= 11 is 1.54. The summed E-state index contributed by atoms with van der Waals surface area (Å²) in [6.45, 7) is 0.459. The number of nitrogens with one attached hydrogen (secondary N) is 1. The molecule has 0 unspecified atom stereocenters. The van der Waals surface area contributed by atoms with Crippen molar-refractivity contribution in [2.45, 2.75) is 19.4 Å². The van der Waals surface area contributed by atoms with Crippen molar-refractivity contribution in [2.24, 2.45) is 5.73 Å². The molecule has 0 aliphatic heterocycles.